The van der Waals surface area contributed by atoms with Crippen molar-refractivity contribution in [3.8, 4) is 0 Å². The Hall–Kier alpha value is -0.930. The summed E-state index contributed by atoms with van der Waals surface area (Å²) < 4.78 is 19.8. The third-order valence-corrected chi connectivity index (χ3v) is 6.05. The van der Waals surface area contributed by atoms with Crippen molar-refractivity contribution in [1.29, 1.82) is 0 Å². The molecule has 2 fully saturated rings. The highest BCUT2D eigenvalue weighted by Crippen LogP contribution is 2.69. The van der Waals surface area contributed by atoms with Crippen LogP contribution in [0.1, 0.15) is 0 Å². The van der Waals surface area contributed by atoms with E-state index >= 15 is 0 Å². The lowest BCUT2D eigenvalue weighted by Gasteiger charge is -2.39. The second-order valence-corrected chi connectivity index (χ2v) is 6.49. The summed E-state index contributed by atoms with van der Waals surface area (Å²) in [6.45, 7) is 0. The first-order valence-corrected chi connectivity index (χ1v) is 7.27. The summed E-state index contributed by atoms with van der Waals surface area (Å²) in [7, 11) is 4.40. The molecule has 0 unspecified atom stereocenters. The topological polar surface area (TPSA) is 108 Å². The maximum Gasteiger partial charge on any atom is 0.312 e. The Labute approximate surface area is 141 Å². The highest BCUT2D eigenvalue weighted by Gasteiger charge is 2.92. The van der Waals surface area contributed by atoms with Crippen LogP contribution in [-0.4, -0.2) is 72.9 Å². The number of ketones is 1. The van der Waals surface area contributed by atoms with Gasteiger partial charge < -0.3 is 24.1 Å². The first-order valence-electron chi connectivity index (χ1n) is 6.51. The molecule has 2 bridgehead atoms. The standard InChI is InChI=1S/C13H16Cl2O8/c1-20-9(18)5-6(10(19)21-2)12(15)8(17)7(16)11(5,14)13(12,22-3)23-4/h5-7,16H,1-4H3/t5-,6+,7-,11+,12-/m1/s1. The van der Waals surface area contributed by atoms with Crippen molar-refractivity contribution < 1.29 is 38.4 Å². The van der Waals surface area contributed by atoms with Crippen LogP contribution in [-0.2, 0) is 33.3 Å². The molecule has 2 aliphatic rings. The third kappa shape index (κ3) is 1.70. The van der Waals surface area contributed by atoms with E-state index in [1.807, 2.05) is 0 Å². The number of methoxy groups -OCH3 is 4. The van der Waals surface area contributed by atoms with Gasteiger partial charge in [-0.1, -0.05) is 0 Å². The number of halogens is 2. The molecule has 130 valence electrons. The predicted octanol–water partition coefficient (Wildman–Crippen LogP) is -0.534. The molecular formula is C13H16Cl2O8. The molecular weight excluding hydrogens is 355 g/mol. The van der Waals surface area contributed by atoms with Crippen molar-refractivity contribution >= 4 is 40.9 Å². The fraction of sp³-hybridized carbons (Fsp3) is 0.769. The van der Waals surface area contributed by atoms with Crippen molar-refractivity contribution in [1.82, 2.24) is 0 Å². The van der Waals surface area contributed by atoms with E-state index in [4.69, 9.17) is 32.7 Å². The maximum absolute atomic E-state index is 12.5. The predicted molar refractivity (Wildman–Crippen MR) is 75.9 cm³/mol. The zero-order valence-electron chi connectivity index (χ0n) is 12.8. The van der Waals surface area contributed by atoms with Crippen LogP contribution in [0.25, 0.3) is 0 Å². The van der Waals surface area contributed by atoms with E-state index in [0.29, 0.717) is 0 Å². The molecule has 1 N–H and O–H groups in total. The van der Waals surface area contributed by atoms with Gasteiger partial charge in [0.2, 0.25) is 5.79 Å². The molecule has 0 aromatic heterocycles. The van der Waals surface area contributed by atoms with Crippen LogP contribution in [0.3, 0.4) is 0 Å². The number of hydrogen-bond acceptors (Lipinski definition) is 8. The number of carbonyl (C=O) groups excluding carboxylic acids is 3. The Morgan fingerprint density at radius 3 is 1.83 bits per heavy atom. The van der Waals surface area contributed by atoms with Gasteiger partial charge in [-0.3, -0.25) is 14.4 Å². The number of fused-ring (bicyclic) bond motifs is 2. The van der Waals surface area contributed by atoms with Crippen molar-refractivity contribution in [3.63, 3.8) is 0 Å². The molecule has 23 heavy (non-hydrogen) atoms. The Morgan fingerprint density at radius 1 is 1.00 bits per heavy atom. The number of aliphatic hydroxyl groups excluding tert-OH is 1. The van der Waals surface area contributed by atoms with Gasteiger partial charge in [0.25, 0.3) is 0 Å². The van der Waals surface area contributed by atoms with Crippen LogP contribution in [0.2, 0.25) is 0 Å². The molecule has 0 radical (unpaired) electrons. The minimum absolute atomic E-state index is 0.956. The van der Waals surface area contributed by atoms with Crippen LogP contribution in [0, 0.1) is 11.8 Å². The lowest BCUT2D eigenvalue weighted by atomic mass is 9.76. The summed E-state index contributed by atoms with van der Waals surface area (Å²) in [6.07, 6.45) is -1.91. The summed E-state index contributed by atoms with van der Waals surface area (Å²) in [5.74, 6) is -8.15. The number of aliphatic hydroxyl groups is 1. The molecule has 0 saturated heterocycles. The second kappa shape index (κ2) is 5.56. The average molecular weight is 371 g/mol. The third-order valence-electron chi connectivity index (χ3n) is 4.69. The van der Waals surface area contributed by atoms with E-state index in [1.165, 1.54) is 0 Å². The Morgan fingerprint density at radius 2 is 1.43 bits per heavy atom. The number of ether oxygens (including phenoxy) is 4. The van der Waals surface area contributed by atoms with Crippen LogP contribution >= 0.6 is 23.2 Å². The summed E-state index contributed by atoms with van der Waals surface area (Å²) in [6, 6.07) is 0. The van der Waals surface area contributed by atoms with Crippen LogP contribution in [0.4, 0.5) is 0 Å². The summed E-state index contributed by atoms with van der Waals surface area (Å²) >= 11 is 12.9. The molecule has 0 aliphatic heterocycles. The van der Waals surface area contributed by atoms with Crippen LogP contribution in [0.15, 0.2) is 0 Å². The molecule has 0 aromatic carbocycles. The van der Waals surface area contributed by atoms with E-state index in [1.54, 1.807) is 0 Å². The average Bonchev–Trinajstić information content (AvgIpc) is 2.81. The smallest absolute Gasteiger partial charge is 0.312 e. The fourth-order valence-electron chi connectivity index (χ4n) is 3.77. The summed E-state index contributed by atoms with van der Waals surface area (Å²) in [5, 5.41) is 10.3. The molecule has 8 nitrogen and oxygen atoms in total. The Bertz CT molecular complexity index is 562. The van der Waals surface area contributed by atoms with Crippen molar-refractivity contribution in [2.75, 3.05) is 28.4 Å². The molecule has 0 heterocycles. The van der Waals surface area contributed by atoms with E-state index in [0.717, 1.165) is 28.4 Å². The summed E-state index contributed by atoms with van der Waals surface area (Å²) in [4.78, 5) is 32.6. The minimum atomic E-state index is -2.26. The van der Waals surface area contributed by atoms with Crippen molar-refractivity contribution in [2.45, 2.75) is 21.6 Å². The molecule has 0 aromatic rings. The van der Waals surface area contributed by atoms with Crippen molar-refractivity contribution in [2.24, 2.45) is 11.8 Å². The van der Waals surface area contributed by atoms with Gasteiger partial charge in [0.05, 0.1) is 14.2 Å². The fourth-order valence-corrected chi connectivity index (χ4v) is 5.06. The number of rotatable bonds is 4. The van der Waals surface area contributed by atoms with Gasteiger partial charge in [0, 0.05) is 14.2 Å². The lowest BCUT2D eigenvalue weighted by molar-refractivity contribution is -0.229. The number of alkyl halides is 2. The molecule has 0 amide bonds. The minimum Gasteiger partial charge on any atom is -0.469 e. The zero-order chi connectivity index (χ0) is 17.8. The SMILES string of the molecule is COC(=O)[C@@H]1[C@H](C(=O)OC)[C@]2(Cl)[C@H](O)C(=O)[C@@]1(Cl)C2(OC)OC. The van der Waals surface area contributed by atoms with Crippen LogP contribution < -0.4 is 0 Å². The lowest BCUT2D eigenvalue weighted by Crippen LogP contribution is -2.59. The quantitative estimate of drug-likeness (QED) is 0.399. The molecule has 0 spiro atoms. The van der Waals surface area contributed by atoms with Gasteiger partial charge in [-0.25, -0.2) is 0 Å². The highest BCUT2D eigenvalue weighted by molar-refractivity contribution is 6.45. The van der Waals surface area contributed by atoms with Gasteiger partial charge >= 0.3 is 11.9 Å². The normalized spacial score (nSPS) is 41.0. The van der Waals surface area contributed by atoms with Gasteiger partial charge in [0.15, 0.2) is 10.7 Å². The molecule has 2 rings (SSSR count). The van der Waals surface area contributed by atoms with E-state index in [9.17, 15) is 19.5 Å². The number of esters is 2. The summed E-state index contributed by atoms with van der Waals surface area (Å²) in [5.41, 5.74) is 0. The zero-order valence-corrected chi connectivity index (χ0v) is 14.3. The van der Waals surface area contributed by atoms with Crippen LogP contribution in [0.5, 0.6) is 0 Å². The second-order valence-electron chi connectivity index (χ2n) is 5.27. The molecule has 2 saturated carbocycles. The Kier molecular flexibility index (Phi) is 4.45. The Balaban J connectivity index is 2.83. The first-order chi connectivity index (χ1) is 10.6. The number of Topliss-reactive ketones (excluding diaryl/α,β-unsaturated/α-hetero) is 1. The van der Waals surface area contributed by atoms with Gasteiger partial charge in [-0.15, -0.1) is 23.2 Å². The van der Waals surface area contributed by atoms with E-state index < -0.39 is 51.2 Å². The van der Waals surface area contributed by atoms with Crippen molar-refractivity contribution in [3.05, 3.63) is 0 Å². The monoisotopic (exact) mass is 370 g/mol. The van der Waals surface area contributed by atoms with Gasteiger partial charge in [-0.2, -0.15) is 0 Å². The van der Waals surface area contributed by atoms with Gasteiger partial charge in [-0.05, 0) is 0 Å². The van der Waals surface area contributed by atoms with Gasteiger partial charge in [0.1, 0.15) is 22.8 Å². The van der Waals surface area contributed by atoms with E-state index in [-0.39, 0.29) is 0 Å². The number of hydrogen-bond donors (Lipinski definition) is 1. The number of carbonyl (C=O) groups is 3. The highest BCUT2D eigenvalue weighted by atomic mass is 35.5. The first kappa shape index (κ1) is 18.4. The molecule has 2 aliphatic carbocycles. The molecule has 5 atom stereocenters. The maximum atomic E-state index is 12.5. The largest absolute Gasteiger partial charge is 0.469 e. The van der Waals surface area contributed by atoms with E-state index in [2.05, 4.69) is 9.47 Å². The molecule has 10 heteroatoms.